The Kier molecular flexibility index (Phi) is 4.12. The number of aryl methyl sites for hydroxylation is 1. The summed E-state index contributed by atoms with van der Waals surface area (Å²) in [6.45, 7) is 3.28. The van der Waals surface area contributed by atoms with Crippen LogP contribution in [0.1, 0.15) is 28.6 Å². The Morgan fingerprint density at radius 1 is 1.32 bits per heavy atom. The molecule has 8 heteroatoms. The van der Waals surface area contributed by atoms with E-state index in [4.69, 9.17) is 9.15 Å². The van der Waals surface area contributed by atoms with Crippen molar-refractivity contribution in [2.24, 2.45) is 0 Å². The van der Waals surface area contributed by atoms with Crippen LogP contribution in [-0.2, 0) is 4.79 Å². The molecule has 0 fully saturated rings. The van der Waals surface area contributed by atoms with Gasteiger partial charge in [0.25, 0.3) is 11.8 Å². The van der Waals surface area contributed by atoms with Crippen LogP contribution in [0.2, 0.25) is 0 Å². The number of rotatable bonds is 3. The molecule has 140 valence electrons. The van der Waals surface area contributed by atoms with Crippen molar-refractivity contribution < 1.29 is 18.7 Å². The zero-order chi connectivity index (χ0) is 19.8. The summed E-state index contributed by atoms with van der Waals surface area (Å²) in [5, 5.41) is 15.0. The molecule has 0 aliphatic carbocycles. The van der Waals surface area contributed by atoms with Gasteiger partial charge in [0, 0.05) is 18.1 Å². The fraction of sp³-hybridized carbons (Fsp3) is 0.150. The Morgan fingerprint density at radius 3 is 2.79 bits per heavy atom. The Hall–Kier alpha value is -3.99. The highest BCUT2D eigenvalue weighted by molar-refractivity contribution is 6.08. The van der Waals surface area contributed by atoms with Crippen LogP contribution in [0.15, 0.2) is 47.1 Å². The third kappa shape index (κ3) is 2.89. The lowest BCUT2D eigenvalue weighted by atomic mass is 10.1. The number of anilines is 2. The summed E-state index contributed by atoms with van der Waals surface area (Å²) in [6, 6.07) is 10.6. The van der Waals surface area contributed by atoms with Crippen LogP contribution in [0.3, 0.4) is 0 Å². The van der Waals surface area contributed by atoms with Crippen molar-refractivity contribution >= 4 is 23.2 Å². The molecule has 3 heterocycles. The fourth-order valence-corrected chi connectivity index (χ4v) is 3.04. The van der Waals surface area contributed by atoms with Crippen molar-refractivity contribution in [3.05, 3.63) is 59.6 Å². The first kappa shape index (κ1) is 17.4. The third-order valence-corrected chi connectivity index (χ3v) is 4.41. The van der Waals surface area contributed by atoms with Gasteiger partial charge in [0.2, 0.25) is 5.88 Å². The van der Waals surface area contributed by atoms with E-state index in [0.29, 0.717) is 22.9 Å². The number of carbonyl (C=O) groups excluding carboxylic acids is 2. The van der Waals surface area contributed by atoms with Crippen LogP contribution in [-0.4, -0.2) is 22.5 Å². The number of hydrogen-bond donors (Lipinski definition) is 2. The van der Waals surface area contributed by atoms with Gasteiger partial charge in [-0.2, -0.15) is 5.26 Å². The van der Waals surface area contributed by atoms with Crippen molar-refractivity contribution in [1.82, 2.24) is 4.57 Å². The van der Waals surface area contributed by atoms with E-state index in [9.17, 15) is 14.9 Å². The standard InChI is InChI=1S/C20H16N4O4/c1-11-17(14(10-21)20(28-11)24-7-3-4-8-24)19(26)22-13-5-6-16-15(9-13)23-18(25)12(2)27-16/h3-9,12H,1-2H3,(H,22,26)(H,23,25)/t12-/m0/s1. The number of hydrogen-bond acceptors (Lipinski definition) is 5. The number of aromatic nitrogens is 1. The number of amides is 2. The maximum Gasteiger partial charge on any atom is 0.265 e. The molecule has 8 nitrogen and oxygen atoms in total. The van der Waals surface area contributed by atoms with E-state index in [2.05, 4.69) is 10.6 Å². The molecule has 3 aromatic rings. The lowest BCUT2D eigenvalue weighted by Crippen LogP contribution is -2.34. The SMILES string of the molecule is Cc1oc(-n2cccc2)c(C#N)c1C(=O)Nc1ccc2c(c1)NC(=O)[C@H](C)O2. The second-order valence-electron chi connectivity index (χ2n) is 6.33. The first-order chi connectivity index (χ1) is 13.5. The number of ether oxygens (including phenoxy) is 1. The van der Waals surface area contributed by atoms with E-state index in [-0.39, 0.29) is 22.9 Å². The van der Waals surface area contributed by atoms with Crippen LogP contribution in [0, 0.1) is 18.3 Å². The van der Waals surface area contributed by atoms with Gasteiger partial charge < -0.3 is 19.8 Å². The summed E-state index contributed by atoms with van der Waals surface area (Å²) in [4.78, 5) is 24.6. The topological polar surface area (TPSA) is 109 Å². The molecule has 0 bridgehead atoms. The van der Waals surface area contributed by atoms with Gasteiger partial charge in [-0.25, -0.2) is 0 Å². The lowest BCUT2D eigenvalue weighted by Gasteiger charge is -2.23. The molecule has 2 N–H and O–H groups in total. The largest absolute Gasteiger partial charge is 0.479 e. The molecule has 0 saturated carbocycles. The maximum atomic E-state index is 12.8. The Balaban J connectivity index is 1.64. The highest BCUT2D eigenvalue weighted by atomic mass is 16.5. The van der Waals surface area contributed by atoms with Gasteiger partial charge in [-0.05, 0) is 44.2 Å². The predicted molar refractivity (Wildman–Crippen MR) is 101 cm³/mol. The Labute approximate surface area is 160 Å². The molecule has 0 spiro atoms. The van der Waals surface area contributed by atoms with E-state index in [1.807, 2.05) is 6.07 Å². The molecule has 1 aliphatic rings. The number of fused-ring (bicyclic) bond motifs is 1. The smallest absolute Gasteiger partial charge is 0.265 e. The molecular weight excluding hydrogens is 360 g/mol. The lowest BCUT2D eigenvalue weighted by molar-refractivity contribution is -0.122. The van der Waals surface area contributed by atoms with Crippen LogP contribution in [0.25, 0.3) is 5.88 Å². The average Bonchev–Trinajstić information content (AvgIpc) is 3.30. The molecule has 28 heavy (non-hydrogen) atoms. The zero-order valence-corrected chi connectivity index (χ0v) is 15.1. The number of nitrogens with zero attached hydrogens (tertiary/aromatic N) is 2. The molecule has 0 saturated heterocycles. The van der Waals surface area contributed by atoms with E-state index in [1.165, 1.54) is 0 Å². The Bertz CT molecular complexity index is 1120. The highest BCUT2D eigenvalue weighted by Crippen LogP contribution is 2.33. The minimum Gasteiger partial charge on any atom is -0.479 e. The predicted octanol–water partition coefficient (Wildman–Crippen LogP) is 3.22. The second kappa shape index (κ2) is 6.63. The van der Waals surface area contributed by atoms with Crippen molar-refractivity contribution in [2.45, 2.75) is 20.0 Å². The number of benzene rings is 1. The van der Waals surface area contributed by atoms with E-state index in [1.54, 1.807) is 61.1 Å². The summed E-state index contributed by atoms with van der Waals surface area (Å²) in [7, 11) is 0. The van der Waals surface area contributed by atoms with E-state index >= 15 is 0 Å². The number of furan rings is 1. The highest BCUT2D eigenvalue weighted by Gasteiger charge is 2.26. The van der Waals surface area contributed by atoms with Gasteiger partial charge in [-0.15, -0.1) is 0 Å². The fourth-order valence-electron chi connectivity index (χ4n) is 3.04. The second-order valence-corrected chi connectivity index (χ2v) is 6.33. The normalized spacial score (nSPS) is 15.2. The summed E-state index contributed by atoms with van der Waals surface area (Å²) in [5.74, 6) is 0.408. The summed E-state index contributed by atoms with van der Waals surface area (Å²) < 4.78 is 12.8. The quantitative estimate of drug-likeness (QED) is 0.729. The Morgan fingerprint density at radius 2 is 2.07 bits per heavy atom. The van der Waals surface area contributed by atoms with Gasteiger partial charge in [0.05, 0.1) is 5.69 Å². The van der Waals surface area contributed by atoms with Crippen LogP contribution in [0.5, 0.6) is 5.75 Å². The van der Waals surface area contributed by atoms with Gasteiger partial charge in [0.15, 0.2) is 6.10 Å². The van der Waals surface area contributed by atoms with Gasteiger partial charge >= 0.3 is 0 Å². The number of carbonyl (C=O) groups is 2. The number of nitrogens with one attached hydrogen (secondary N) is 2. The summed E-state index contributed by atoms with van der Waals surface area (Å²) in [5.41, 5.74) is 1.24. The molecule has 2 aromatic heterocycles. The third-order valence-electron chi connectivity index (χ3n) is 4.41. The van der Waals surface area contributed by atoms with Crippen LogP contribution in [0.4, 0.5) is 11.4 Å². The molecule has 4 rings (SSSR count). The van der Waals surface area contributed by atoms with Crippen molar-refractivity contribution in [3.63, 3.8) is 0 Å². The van der Waals surface area contributed by atoms with Crippen molar-refractivity contribution in [3.8, 4) is 17.7 Å². The molecule has 2 amide bonds. The molecule has 0 radical (unpaired) electrons. The summed E-state index contributed by atoms with van der Waals surface area (Å²) in [6.07, 6.45) is 2.88. The zero-order valence-electron chi connectivity index (χ0n) is 15.1. The first-order valence-corrected chi connectivity index (χ1v) is 8.57. The first-order valence-electron chi connectivity index (χ1n) is 8.57. The number of nitriles is 1. The average molecular weight is 376 g/mol. The monoisotopic (exact) mass is 376 g/mol. The van der Waals surface area contributed by atoms with Gasteiger partial charge in [-0.3, -0.25) is 14.2 Å². The van der Waals surface area contributed by atoms with Crippen LogP contribution < -0.4 is 15.4 Å². The summed E-state index contributed by atoms with van der Waals surface area (Å²) >= 11 is 0. The minimum atomic E-state index is -0.577. The maximum absolute atomic E-state index is 12.8. The molecular formula is C20H16N4O4. The van der Waals surface area contributed by atoms with E-state index in [0.717, 1.165) is 0 Å². The van der Waals surface area contributed by atoms with Crippen LogP contribution >= 0.6 is 0 Å². The van der Waals surface area contributed by atoms with Crippen molar-refractivity contribution in [1.29, 1.82) is 5.26 Å². The molecule has 1 atom stereocenters. The molecule has 0 unspecified atom stereocenters. The van der Waals surface area contributed by atoms with E-state index < -0.39 is 12.0 Å². The minimum absolute atomic E-state index is 0.148. The molecule has 1 aromatic carbocycles. The van der Waals surface area contributed by atoms with Gasteiger partial charge in [-0.1, -0.05) is 0 Å². The molecule has 1 aliphatic heterocycles. The van der Waals surface area contributed by atoms with Crippen molar-refractivity contribution in [2.75, 3.05) is 10.6 Å². The van der Waals surface area contributed by atoms with Gasteiger partial charge in [0.1, 0.15) is 28.7 Å².